The normalized spacial score (nSPS) is 11.9. The molecule has 12 rings (SSSR count). The van der Waals surface area contributed by atoms with Crippen LogP contribution in [-0.2, 0) is 0 Å². The Balaban J connectivity index is 1.08. The van der Waals surface area contributed by atoms with Gasteiger partial charge in [0.15, 0.2) is 17.5 Å². The van der Waals surface area contributed by atoms with Gasteiger partial charge in [-0.25, -0.2) is 15.0 Å². The summed E-state index contributed by atoms with van der Waals surface area (Å²) in [5.74, 6) is 1.85. The summed E-state index contributed by atoms with van der Waals surface area (Å²) >= 11 is 1.82. The van der Waals surface area contributed by atoms with E-state index < -0.39 is 0 Å². The summed E-state index contributed by atoms with van der Waals surface area (Å²) in [6, 6.07) is 63.8. The highest BCUT2D eigenvalue weighted by molar-refractivity contribution is 7.26. The predicted octanol–water partition coefficient (Wildman–Crippen LogP) is 13.9. The molecule has 12 aromatic rings. The molecule has 0 atom stereocenters. The molecule has 0 N–H and O–H groups in total. The second-order valence-electron chi connectivity index (χ2n) is 14.4. The number of hydrogen-bond donors (Lipinski definition) is 0. The van der Waals surface area contributed by atoms with Gasteiger partial charge in [-0.3, -0.25) is 0 Å². The number of nitrogens with zero attached hydrogens (tertiary/aromatic N) is 4. The zero-order chi connectivity index (χ0) is 37.5. The molecule has 0 aliphatic carbocycles. The van der Waals surface area contributed by atoms with Crippen LogP contribution in [0.25, 0.3) is 115 Å². The van der Waals surface area contributed by atoms with E-state index in [-0.39, 0.29) is 0 Å². The van der Waals surface area contributed by atoms with E-state index in [0.29, 0.717) is 17.5 Å². The second-order valence-corrected chi connectivity index (χ2v) is 15.4. The molecule has 0 aliphatic rings. The molecule has 0 bridgehead atoms. The average molecular weight is 747 g/mol. The lowest BCUT2D eigenvalue weighted by atomic mass is 9.97. The Morgan fingerprint density at radius 1 is 0.404 bits per heavy atom. The first-order chi connectivity index (χ1) is 28.2. The third-order valence-corrected chi connectivity index (χ3v) is 12.3. The van der Waals surface area contributed by atoms with Crippen LogP contribution in [0.4, 0.5) is 0 Å². The fourth-order valence-corrected chi connectivity index (χ4v) is 9.71. The first-order valence-electron chi connectivity index (χ1n) is 19.0. The number of benzene rings is 8. The Morgan fingerprint density at radius 2 is 1.04 bits per heavy atom. The zero-order valence-corrected chi connectivity index (χ0v) is 31.2. The monoisotopic (exact) mass is 746 g/mol. The standard InChI is InChI=1S/C51H30N4OS/c1-3-13-31(14-4-1)49-52-50(33-23-25-38-37-18-8-11-21-44(37)56-45(38)30-33)54-51(53-49)40-27-26-35(48-47(40)39-19-9-12-22-46(39)57-48)32-24-28-43-41(29-32)36-17-7-10-20-42(36)55(43)34-15-5-2-6-16-34/h1-30H. The molecule has 0 saturated heterocycles. The van der Waals surface area contributed by atoms with Gasteiger partial charge >= 0.3 is 0 Å². The lowest BCUT2D eigenvalue weighted by Gasteiger charge is -2.12. The van der Waals surface area contributed by atoms with Gasteiger partial charge in [0.2, 0.25) is 0 Å². The van der Waals surface area contributed by atoms with Crippen molar-refractivity contribution in [2.24, 2.45) is 0 Å². The van der Waals surface area contributed by atoms with Crippen LogP contribution in [0.15, 0.2) is 186 Å². The number of aromatic nitrogens is 4. The largest absolute Gasteiger partial charge is 0.456 e. The van der Waals surface area contributed by atoms with Crippen LogP contribution in [0, 0.1) is 0 Å². The van der Waals surface area contributed by atoms with E-state index in [0.717, 1.165) is 49.7 Å². The van der Waals surface area contributed by atoms with Gasteiger partial charge in [0.1, 0.15) is 11.2 Å². The van der Waals surface area contributed by atoms with Crippen molar-refractivity contribution in [1.29, 1.82) is 0 Å². The fourth-order valence-electron chi connectivity index (χ4n) is 8.44. The summed E-state index contributed by atoms with van der Waals surface area (Å²) in [6.07, 6.45) is 0. The third-order valence-electron chi connectivity index (χ3n) is 11.1. The molecule has 4 heterocycles. The summed E-state index contributed by atoms with van der Waals surface area (Å²) in [5.41, 5.74) is 10.3. The van der Waals surface area contributed by atoms with Crippen LogP contribution >= 0.6 is 11.3 Å². The molecule has 0 unspecified atom stereocenters. The van der Waals surface area contributed by atoms with Crippen molar-refractivity contribution in [2.45, 2.75) is 0 Å². The van der Waals surface area contributed by atoms with E-state index in [1.165, 1.54) is 47.7 Å². The minimum Gasteiger partial charge on any atom is -0.456 e. The van der Waals surface area contributed by atoms with Gasteiger partial charge in [-0.15, -0.1) is 11.3 Å². The highest BCUT2D eigenvalue weighted by Gasteiger charge is 2.21. The zero-order valence-electron chi connectivity index (χ0n) is 30.4. The maximum absolute atomic E-state index is 6.30. The number of rotatable bonds is 5. The van der Waals surface area contributed by atoms with E-state index in [1.54, 1.807) is 0 Å². The minimum atomic E-state index is 0.596. The molecule has 0 fully saturated rings. The van der Waals surface area contributed by atoms with Crippen molar-refractivity contribution in [3.05, 3.63) is 182 Å². The topological polar surface area (TPSA) is 56.7 Å². The smallest absolute Gasteiger partial charge is 0.164 e. The molecule has 0 amide bonds. The maximum atomic E-state index is 6.30. The van der Waals surface area contributed by atoms with E-state index in [9.17, 15) is 0 Å². The summed E-state index contributed by atoms with van der Waals surface area (Å²) in [7, 11) is 0. The van der Waals surface area contributed by atoms with Gasteiger partial charge in [-0.05, 0) is 71.8 Å². The van der Waals surface area contributed by atoms with Crippen LogP contribution < -0.4 is 0 Å². The first kappa shape index (κ1) is 31.9. The Morgan fingerprint density at radius 3 is 1.89 bits per heavy atom. The van der Waals surface area contributed by atoms with E-state index in [4.69, 9.17) is 19.4 Å². The van der Waals surface area contributed by atoms with Crippen molar-refractivity contribution < 1.29 is 4.42 Å². The Labute approximate surface area is 330 Å². The van der Waals surface area contributed by atoms with Gasteiger partial charge in [-0.2, -0.15) is 0 Å². The molecule has 57 heavy (non-hydrogen) atoms. The third kappa shape index (κ3) is 5.04. The van der Waals surface area contributed by atoms with Crippen LogP contribution in [0.2, 0.25) is 0 Å². The van der Waals surface area contributed by atoms with Crippen LogP contribution in [-0.4, -0.2) is 19.5 Å². The Bertz CT molecular complexity index is 3530. The Kier molecular flexibility index (Phi) is 7.03. The van der Waals surface area contributed by atoms with E-state index in [1.807, 2.05) is 53.8 Å². The summed E-state index contributed by atoms with van der Waals surface area (Å²) in [6.45, 7) is 0. The van der Waals surface area contributed by atoms with Gasteiger partial charge in [-0.1, -0.05) is 121 Å². The fraction of sp³-hybridized carbons (Fsp3) is 0. The van der Waals surface area contributed by atoms with Crippen LogP contribution in [0.5, 0.6) is 0 Å². The van der Waals surface area contributed by atoms with Gasteiger partial charge in [0.25, 0.3) is 0 Å². The highest BCUT2D eigenvalue weighted by atomic mass is 32.1. The minimum absolute atomic E-state index is 0.596. The molecule has 0 radical (unpaired) electrons. The number of furan rings is 1. The lowest BCUT2D eigenvalue weighted by molar-refractivity contribution is 0.669. The predicted molar refractivity (Wildman–Crippen MR) is 236 cm³/mol. The molecule has 6 heteroatoms. The molecular formula is C51H30N4OS. The number of thiophene rings is 1. The van der Waals surface area contributed by atoms with E-state index >= 15 is 0 Å². The molecule has 8 aromatic carbocycles. The summed E-state index contributed by atoms with van der Waals surface area (Å²) < 4.78 is 11.1. The van der Waals surface area contributed by atoms with E-state index in [2.05, 4.69) is 144 Å². The summed E-state index contributed by atoms with van der Waals surface area (Å²) in [5, 5.41) is 6.94. The van der Waals surface area contributed by atoms with Crippen molar-refractivity contribution in [2.75, 3.05) is 0 Å². The first-order valence-corrected chi connectivity index (χ1v) is 19.8. The highest BCUT2D eigenvalue weighted by Crippen LogP contribution is 2.46. The Hall–Kier alpha value is -7.41. The SMILES string of the molecule is c1ccc(-c2nc(-c3ccc4c(c3)oc3ccccc34)nc(-c3ccc(-c4ccc5c(c4)c4ccccc4n5-c4ccccc4)c4sc5ccccc5c34)n2)cc1. The quantitative estimate of drug-likeness (QED) is 0.176. The molecule has 0 aliphatic heterocycles. The van der Waals surface area contributed by atoms with Crippen molar-refractivity contribution in [3.63, 3.8) is 0 Å². The average Bonchev–Trinajstić information content (AvgIpc) is 3.96. The van der Waals surface area contributed by atoms with Crippen molar-refractivity contribution in [1.82, 2.24) is 19.5 Å². The lowest BCUT2D eigenvalue weighted by Crippen LogP contribution is -2.00. The van der Waals surface area contributed by atoms with Crippen molar-refractivity contribution in [3.8, 4) is 51.0 Å². The summed E-state index contributed by atoms with van der Waals surface area (Å²) in [4.78, 5) is 15.5. The number of hydrogen-bond acceptors (Lipinski definition) is 5. The van der Waals surface area contributed by atoms with Gasteiger partial charge < -0.3 is 8.98 Å². The molecule has 0 spiro atoms. The van der Waals surface area contributed by atoms with Gasteiger partial charge in [0.05, 0.1) is 11.0 Å². The van der Waals surface area contributed by atoms with Crippen LogP contribution in [0.1, 0.15) is 0 Å². The molecule has 4 aromatic heterocycles. The van der Waals surface area contributed by atoms with Crippen molar-refractivity contribution >= 4 is 75.3 Å². The van der Waals surface area contributed by atoms with Gasteiger partial charge in [0, 0.05) is 64.1 Å². The van der Waals surface area contributed by atoms with Crippen LogP contribution in [0.3, 0.4) is 0 Å². The maximum Gasteiger partial charge on any atom is 0.164 e. The number of fused-ring (bicyclic) bond motifs is 9. The molecule has 0 saturated carbocycles. The molecule has 5 nitrogen and oxygen atoms in total. The number of para-hydroxylation sites is 3. The molecule has 266 valence electrons. The second kappa shape index (κ2) is 12.6. The molecular weight excluding hydrogens is 717 g/mol.